The van der Waals surface area contributed by atoms with Gasteiger partial charge in [0.1, 0.15) is 0 Å². The lowest BCUT2D eigenvalue weighted by Crippen LogP contribution is -2.11. The lowest BCUT2D eigenvalue weighted by Gasteiger charge is -2.20. The molecule has 1 aromatic heterocycles. The van der Waals surface area contributed by atoms with Crippen molar-refractivity contribution >= 4 is 11.8 Å². The van der Waals surface area contributed by atoms with Gasteiger partial charge in [-0.2, -0.15) is 5.26 Å². The molecule has 0 spiro atoms. The van der Waals surface area contributed by atoms with Crippen molar-refractivity contribution < 1.29 is 0 Å². The Morgan fingerprint density at radius 3 is 2.36 bits per heavy atom. The molecule has 5 heteroatoms. The summed E-state index contributed by atoms with van der Waals surface area (Å²) in [6.07, 6.45) is 4.84. The molecule has 1 saturated carbocycles. The van der Waals surface area contributed by atoms with Gasteiger partial charge in [-0.15, -0.1) is 10.2 Å². The van der Waals surface area contributed by atoms with Crippen molar-refractivity contribution in [1.29, 1.82) is 5.26 Å². The fourth-order valence-electron chi connectivity index (χ4n) is 3.35. The SMILES string of the molecule is CC(C#N)Sc1nnc(-c2ccc(C(C)(C)C)cc2)n1C1CCCC1. The van der Waals surface area contributed by atoms with Gasteiger partial charge in [-0.3, -0.25) is 4.57 Å². The number of nitriles is 1. The zero-order valence-corrected chi connectivity index (χ0v) is 16.3. The molecule has 1 aromatic carbocycles. The third kappa shape index (κ3) is 3.90. The summed E-state index contributed by atoms with van der Waals surface area (Å²) in [5.41, 5.74) is 2.56. The maximum absolute atomic E-state index is 9.15. The topological polar surface area (TPSA) is 54.5 Å². The monoisotopic (exact) mass is 354 g/mol. The van der Waals surface area contributed by atoms with Crippen LogP contribution in [0.1, 0.15) is 65.0 Å². The predicted octanol–water partition coefficient (Wildman–Crippen LogP) is 5.36. The van der Waals surface area contributed by atoms with Crippen LogP contribution < -0.4 is 0 Å². The molecule has 1 fully saturated rings. The molecule has 132 valence electrons. The van der Waals surface area contributed by atoms with Gasteiger partial charge < -0.3 is 0 Å². The predicted molar refractivity (Wildman–Crippen MR) is 103 cm³/mol. The quantitative estimate of drug-likeness (QED) is 0.693. The number of aromatic nitrogens is 3. The number of rotatable bonds is 4. The minimum absolute atomic E-state index is 0.125. The maximum Gasteiger partial charge on any atom is 0.193 e. The average molecular weight is 355 g/mol. The van der Waals surface area contributed by atoms with Crippen molar-refractivity contribution in [2.24, 2.45) is 0 Å². The molecule has 2 aromatic rings. The Labute approximate surface area is 154 Å². The van der Waals surface area contributed by atoms with E-state index in [-0.39, 0.29) is 10.7 Å². The molecule has 1 heterocycles. The first-order valence-electron chi connectivity index (χ1n) is 9.02. The molecule has 1 unspecified atom stereocenters. The number of hydrogen-bond donors (Lipinski definition) is 0. The van der Waals surface area contributed by atoms with E-state index in [0.29, 0.717) is 6.04 Å². The summed E-state index contributed by atoms with van der Waals surface area (Å²) in [6, 6.07) is 11.4. The highest BCUT2D eigenvalue weighted by Gasteiger charge is 2.26. The molecule has 1 aliphatic carbocycles. The van der Waals surface area contributed by atoms with Crippen molar-refractivity contribution in [3.63, 3.8) is 0 Å². The van der Waals surface area contributed by atoms with Gasteiger partial charge >= 0.3 is 0 Å². The highest BCUT2D eigenvalue weighted by molar-refractivity contribution is 8.00. The zero-order valence-electron chi connectivity index (χ0n) is 15.5. The minimum atomic E-state index is -0.125. The summed E-state index contributed by atoms with van der Waals surface area (Å²) >= 11 is 1.51. The molecule has 1 atom stereocenters. The molecule has 0 N–H and O–H groups in total. The first kappa shape index (κ1) is 18.0. The van der Waals surface area contributed by atoms with Crippen molar-refractivity contribution in [2.45, 2.75) is 75.2 Å². The Kier molecular flexibility index (Phi) is 5.19. The maximum atomic E-state index is 9.15. The highest BCUT2D eigenvalue weighted by Crippen LogP contribution is 2.37. The lowest BCUT2D eigenvalue weighted by atomic mass is 9.86. The van der Waals surface area contributed by atoms with Crippen molar-refractivity contribution in [2.75, 3.05) is 0 Å². The van der Waals surface area contributed by atoms with Gasteiger partial charge in [-0.1, -0.05) is 69.6 Å². The van der Waals surface area contributed by atoms with Crippen LogP contribution in [-0.2, 0) is 5.41 Å². The van der Waals surface area contributed by atoms with Gasteiger partial charge in [-0.25, -0.2) is 0 Å². The second kappa shape index (κ2) is 7.21. The number of benzene rings is 1. The van der Waals surface area contributed by atoms with Gasteiger partial charge in [0.05, 0.1) is 11.3 Å². The molecule has 0 amide bonds. The fraction of sp³-hybridized carbons (Fsp3) is 0.550. The number of hydrogen-bond acceptors (Lipinski definition) is 4. The third-order valence-corrected chi connectivity index (χ3v) is 5.78. The van der Waals surface area contributed by atoms with Crippen LogP contribution in [0.15, 0.2) is 29.4 Å². The first-order chi connectivity index (χ1) is 11.9. The van der Waals surface area contributed by atoms with Gasteiger partial charge in [0.15, 0.2) is 11.0 Å². The van der Waals surface area contributed by atoms with Gasteiger partial charge in [-0.05, 0) is 30.7 Å². The standard InChI is InChI=1S/C20H26N4S/c1-14(13-21)25-19-23-22-18(24(19)17-7-5-6-8-17)15-9-11-16(12-10-15)20(2,3)4/h9-12,14,17H,5-8H2,1-4H3. The summed E-state index contributed by atoms with van der Waals surface area (Å²) < 4.78 is 2.28. The molecule has 25 heavy (non-hydrogen) atoms. The van der Waals surface area contributed by atoms with Gasteiger partial charge in [0.25, 0.3) is 0 Å². The van der Waals surface area contributed by atoms with E-state index in [1.807, 2.05) is 6.92 Å². The minimum Gasteiger partial charge on any atom is -0.299 e. The molecule has 0 saturated heterocycles. The molecular weight excluding hydrogens is 328 g/mol. The van der Waals surface area contributed by atoms with Crippen LogP contribution in [-0.4, -0.2) is 20.0 Å². The van der Waals surface area contributed by atoms with Crippen LogP contribution in [0.4, 0.5) is 0 Å². The van der Waals surface area contributed by atoms with E-state index in [1.54, 1.807) is 0 Å². The largest absolute Gasteiger partial charge is 0.299 e. The van der Waals surface area contributed by atoms with E-state index >= 15 is 0 Å². The molecular formula is C20H26N4S. The van der Waals surface area contributed by atoms with Crippen molar-refractivity contribution in [3.05, 3.63) is 29.8 Å². The average Bonchev–Trinajstić information content (AvgIpc) is 3.23. The second-order valence-electron chi connectivity index (χ2n) is 7.83. The fourth-order valence-corrected chi connectivity index (χ4v) is 4.16. The van der Waals surface area contributed by atoms with E-state index in [0.717, 1.165) is 16.5 Å². The van der Waals surface area contributed by atoms with Crippen LogP contribution in [0.25, 0.3) is 11.4 Å². The number of thioether (sulfide) groups is 1. The Morgan fingerprint density at radius 2 is 1.80 bits per heavy atom. The highest BCUT2D eigenvalue weighted by atomic mass is 32.2. The molecule has 0 bridgehead atoms. The van der Waals surface area contributed by atoms with Gasteiger partial charge in [0, 0.05) is 11.6 Å². The van der Waals surface area contributed by atoms with Crippen LogP contribution >= 0.6 is 11.8 Å². The molecule has 3 rings (SSSR count). The Bertz CT molecular complexity index is 758. The molecule has 1 aliphatic rings. The third-order valence-electron chi connectivity index (χ3n) is 4.83. The smallest absolute Gasteiger partial charge is 0.193 e. The summed E-state index contributed by atoms with van der Waals surface area (Å²) in [6.45, 7) is 8.58. The molecule has 0 aliphatic heterocycles. The van der Waals surface area contributed by atoms with Crippen LogP contribution in [0, 0.1) is 11.3 Å². The Balaban J connectivity index is 1.99. The second-order valence-corrected chi connectivity index (χ2v) is 9.14. The first-order valence-corrected chi connectivity index (χ1v) is 9.90. The van der Waals surface area contributed by atoms with Crippen LogP contribution in [0.3, 0.4) is 0 Å². The van der Waals surface area contributed by atoms with Crippen molar-refractivity contribution in [3.8, 4) is 17.5 Å². The summed E-state index contributed by atoms with van der Waals surface area (Å²) in [7, 11) is 0. The molecule has 4 nitrogen and oxygen atoms in total. The summed E-state index contributed by atoms with van der Waals surface area (Å²) in [5, 5.41) is 18.8. The van der Waals surface area contributed by atoms with E-state index in [4.69, 9.17) is 5.26 Å². The van der Waals surface area contributed by atoms with E-state index in [9.17, 15) is 0 Å². The molecule has 0 radical (unpaired) electrons. The van der Waals surface area contributed by atoms with E-state index in [1.165, 1.54) is 43.0 Å². The van der Waals surface area contributed by atoms with Crippen molar-refractivity contribution in [1.82, 2.24) is 14.8 Å². The van der Waals surface area contributed by atoms with Gasteiger partial charge in [0.2, 0.25) is 0 Å². The normalized spacial score (nSPS) is 16.8. The number of nitrogens with zero attached hydrogens (tertiary/aromatic N) is 4. The Morgan fingerprint density at radius 1 is 1.16 bits per heavy atom. The lowest BCUT2D eigenvalue weighted by molar-refractivity contribution is 0.485. The zero-order chi connectivity index (χ0) is 18.0. The summed E-state index contributed by atoms with van der Waals surface area (Å²) in [5.74, 6) is 0.931. The van der Waals surface area contributed by atoms with E-state index < -0.39 is 0 Å². The van der Waals surface area contributed by atoms with Crippen LogP contribution in [0.2, 0.25) is 0 Å². The Hall–Kier alpha value is -1.80. The van der Waals surface area contributed by atoms with Crippen LogP contribution in [0.5, 0.6) is 0 Å². The van der Waals surface area contributed by atoms with E-state index in [2.05, 4.69) is 65.9 Å². The summed E-state index contributed by atoms with van der Waals surface area (Å²) in [4.78, 5) is 0.